The molecule has 0 aliphatic carbocycles. The van der Waals surface area contributed by atoms with E-state index in [9.17, 15) is 5.11 Å². The summed E-state index contributed by atoms with van der Waals surface area (Å²) in [5.74, 6) is 0.735. The summed E-state index contributed by atoms with van der Waals surface area (Å²) >= 11 is 0. The topological polar surface area (TPSA) is 75.1 Å². The van der Waals surface area contributed by atoms with Crippen molar-refractivity contribution < 1.29 is 14.6 Å². The molecule has 1 heterocycles. The van der Waals surface area contributed by atoms with Gasteiger partial charge < -0.3 is 25.2 Å². The molecular formula is C19H32IN3O3. The molecule has 2 unspecified atom stereocenters. The number of benzene rings is 1. The molecule has 2 rings (SSSR count). The Morgan fingerprint density at radius 2 is 2.15 bits per heavy atom. The van der Waals surface area contributed by atoms with Crippen LogP contribution >= 0.6 is 24.0 Å². The zero-order valence-corrected chi connectivity index (χ0v) is 17.9. The zero-order chi connectivity index (χ0) is 17.7. The van der Waals surface area contributed by atoms with Crippen LogP contribution in [0.1, 0.15) is 25.3 Å². The molecule has 1 aliphatic rings. The minimum Gasteiger partial charge on any atom is -0.391 e. The van der Waals surface area contributed by atoms with Crippen molar-refractivity contribution in [3.05, 3.63) is 35.9 Å². The highest BCUT2D eigenvalue weighted by molar-refractivity contribution is 14.0. The molecule has 0 aromatic heterocycles. The Morgan fingerprint density at radius 1 is 1.35 bits per heavy atom. The van der Waals surface area contributed by atoms with Gasteiger partial charge in [-0.1, -0.05) is 30.3 Å². The molecule has 0 saturated carbocycles. The number of aliphatic imine (C=N–C) groups is 1. The van der Waals surface area contributed by atoms with Gasteiger partial charge in [-0.2, -0.15) is 0 Å². The molecule has 3 N–H and O–H groups in total. The smallest absolute Gasteiger partial charge is 0.191 e. The fourth-order valence-corrected chi connectivity index (χ4v) is 2.66. The summed E-state index contributed by atoms with van der Waals surface area (Å²) < 4.78 is 11.0. The first-order valence-corrected chi connectivity index (χ1v) is 9.21. The van der Waals surface area contributed by atoms with E-state index in [2.05, 4.69) is 15.6 Å². The van der Waals surface area contributed by atoms with E-state index < -0.39 is 6.10 Å². The Labute approximate surface area is 173 Å². The van der Waals surface area contributed by atoms with Gasteiger partial charge in [-0.05, 0) is 25.3 Å². The van der Waals surface area contributed by atoms with Gasteiger partial charge >= 0.3 is 0 Å². The molecule has 7 heteroatoms. The lowest BCUT2D eigenvalue weighted by Gasteiger charge is -2.14. The highest BCUT2D eigenvalue weighted by Crippen LogP contribution is 2.08. The highest BCUT2D eigenvalue weighted by atomic mass is 127. The Morgan fingerprint density at radius 3 is 2.85 bits per heavy atom. The molecule has 1 aromatic carbocycles. The largest absolute Gasteiger partial charge is 0.391 e. The van der Waals surface area contributed by atoms with E-state index in [0.29, 0.717) is 13.0 Å². The second kappa shape index (κ2) is 14.2. The lowest BCUT2D eigenvalue weighted by molar-refractivity contribution is 0.0420. The van der Waals surface area contributed by atoms with Crippen LogP contribution in [0.4, 0.5) is 0 Å². The number of ether oxygens (including phenoxy) is 2. The van der Waals surface area contributed by atoms with E-state index >= 15 is 0 Å². The van der Waals surface area contributed by atoms with Crippen LogP contribution in [0, 0.1) is 0 Å². The number of aliphatic hydroxyl groups excluding tert-OH is 1. The number of nitrogens with zero attached hydrogens (tertiary/aromatic N) is 1. The molecule has 0 radical (unpaired) electrons. The highest BCUT2D eigenvalue weighted by Gasteiger charge is 2.15. The maximum Gasteiger partial charge on any atom is 0.191 e. The van der Waals surface area contributed by atoms with Gasteiger partial charge in [0.1, 0.15) is 0 Å². The lowest BCUT2D eigenvalue weighted by atomic mass is 10.1. The number of aliphatic hydroxyl groups is 1. The molecule has 0 amide bonds. The molecule has 148 valence electrons. The Kier molecular flexibility index (Phi) is 12.6. The summed E-state index contributed by atoms with van der Waals surface area (Å²) in [5.41, 5.74) is 1.12. The van der Waals surface area contributed by atoms with Crippen LogP contribution in [0.2, 0.25) is 0 Å². The van der Waals surface area contributed by atoms with E-state index in [4.69, 9.17) is 9.47 Å². The van der Waals surface area contributed by atoms with Crippen LogP contribution in [-0.2, 0) is 15.9 Å². The minimum absolute atomic E-state index is 0. The first kappa shape index (κ1) is 23.1. The molecular weight excluding hydrogens is 445 g/mol. The van der Waals surface area contributed by atoms with Crippen LogP contribution < -0.4 is 10.6 Å². The fraction of sp³-hybridized carbons (Fsp3) is 0.632. The number of halogens is 1. The van der Waals surface area contributed by atoms with E-state index in [1.807, 2.05) is 37.3 Å². The predicted molar refractivity (Wildman–Crippen MR) is 115 cm³/mol. The van der Waals surface area contributed by atoms with Gasteiger partial charge in [0.2, 0.25) is 0 Å². The molecule has 0 spiro atoms. The summed E-state index contributed by atoms with van der Waals surface area (Å²) in [6, 6.07) is 9.98. The monoisotopic (exact) mass is 477 g/mol. The summed E-state index contributed by atoms with van der Waals surface area (Å²) in [6.07, 6.45) is 2.30. The van der Waals surface area contributed by atoms with Crippen LogP contribution in [0.15, 0.2) is 35.3 Å². The number of hydrogen-bond acceptors (Lipinski definition) is 4. The summed E-state index contributed by atoms with van der Waals surface area (Å²) in [6.45, 7) is 6.23. The van der Waals surface area contributed by atoms with E-state index in [-0.39, 0.29) is 30.1 Å². The van der Waals surface area contributed by atoms with Crippen molar-refractivity contribution in [2.24, 2.45) is 4.99 Å². The van der Waals surface area contributed by atoms with Gasteiger partial charge in [-0.25, -0.2) is 0 Å². The minimum atomic E-state index is -0.483. The van der Waals surface area contributed by atoms with Crippen molar-refractivity contribution in [3.63, 3.8) is 0 Å². The Balaban J connectivity index is 0.00000338. The number of rotatable bonds is 10. The lowest BCUT2D eigenvalue weighted by Crippen LogP contribution is -2.38. The third-order valence-electron chi connectivity index (χ3n) is 3.97. The van der Waals surface area contributed by atoms with Gasteiger partial charge in [-0.3, -0.25) is 4.99 Å². The van der Waals surface area contributed by atoms with E-state index in [1.54, 1.807) is 0 Å². The standard InChI is InChI=1S/C19H31N3O3.HI/c1-2-20-19(21-10-6-11-25-18-9-12-24-15-18)22-14-17(23)13-16-7-4-3-5-8-16;/h3-5,7-8,17-18,23H,2,6,9-15H2,1H3,(H2,20,21,22);1H. The van der Waals surface area contributed by atoms with Crippen molar-refractivity contribution >= 4 is 29.9 Å². The summed E-state index contributed by atoms with van der Waals surface area (Å²) in [4.78, 5) is 4.47. The van der Waals surface area contributed by atoms with Crippen molar-refractivity contribution in [2.45, 2.75) is 38.4 Å². The van der Waals surface area contributed by atoms with E-state index in [1.165, 1.54) is 0 Å². The first-order chi connectivity index (χ1) is 12.3. The fourth-order valence-electron chi connectivity index (χ4n) is 2.66. The molecule has 1 aliphatic heterocycles. The quantitative estimate of drug-likeness (QED) is 0.208. The first-order valence-electron chi connectivity index (χ1n) is 9.21. The summed E-state index contributed by atoms with van der Waals surface area (Å²) in [7, 11) is 0. The van der Waals surface area contributed by atoms with E-state index in [0.717, 1.165) is 57.3 Å². The van der Waals surface area contributed by atoms with Crippen LogP contribution in [0.3, 0.4) is 0 Å². The Bertz CT molecular complexity index is 496. The van der Waals surface area contributed by atoms with Gasteiger partial charge in [0.25, 0.3) is 0 Å². The van der Waals surface area contributed by atoms with Gasteiger partial charge in [-0.15, -0.1) is 24.0 Å². The van der Waals surface area contributed by atoms with Crippen molar-refractivity contribution in [3.8, 4) is 0 Å². The molecule has 26 heavy (non-hydrogen) atoms. The average molecular weight is 477 g/mol. The Hall–Kier alpha value is -0.900. The predicted octanol–water partition coefficient (Wildman–Crippen LogP) is 1.96. The molecule has 0 bridgehead atoms. The van der Waals surface area contributed by atoms with Crippen molar-refractivity contribution in [1.29, 1.82) is 0 Å². The number of nitrogens with one attached hydrogen (secondary N) is 2. The second-order valence-electron chi connectivity index (χ2n) is 6.20. The SMILES string of the molecule is CCNC(=NCC(O)Cc1ccccc1)NCCCOC1CCOC1.I. The maximum atomic E-state index is 10.2. The zero-order valence-electron chi connectivity index (χ0n) is 15.5. The van der Waals surface area contributed by atoms with Gasteiger partial charge in [0.15, 0.2) is 5.96 Å². The number of hydrogen-bond donors (Lipinski definition) is 3. The van der Waals surface area contributed by atoms with Crippen LogP contribution in [0.25, 0.3) is 0 Å². The summed E-state index contributed by atoms with van der Waals surface area (Å²) in [5, 5.41) is 16.6. The molecule has 1 aromatic rings. The van der Waals surface area contributed by atoms with Gasteiger partial charge in [0, 0.05) is 32.7 Å². The number of guanidine groups is 1. The van der Waals surface area contributed by atoms with Crippen molar-refractivity contribution in [2.75, 3.05) is 39.5 Å². The molecule has 6 nitrogen and oxygen atoms in total. The van der Waals surface area contributed by atoms with Crippen LogP contribution in [-0.4, -0.2) is 62.7 Å². The average Bonchev–Trinajstić information content (AvgIpc) is 3.13. The third-order valence-corrected chi connectivity index (χ3v) is 3.97. The normalized spacial score (nSPS) is 18.2. The third kappa shape index (κ3) is 9.70. The van der Waals surface area contributed by atoms with Crippen LogP contribution in [0.5, 0.6) is 0 Å². The molecule has 1 fully saturated rings. The van der Waals surface area contributed by atoms with Crippen molar-refractivity contribution in [1.82, 2.24) is 10.6 Å². The van der Waals surface area contributed by atoms with Gasteiger partial charge in [0.05, 0.1) is 25.4 Å². The second-order valence-corrected chi connectivity index (χ2v) is 6.20. The molecule has 2 atom stereocenters. The maximum absolute atomic E-state index is 10.2. The molecule has 1 saturated heterocycles.